The maximum absolute atomic E-state index is 5.74. The Balaban J connectivity index is 2.01. The van der Waals surface area contributed by atoms with E-state index in [4.69, 9.17) is 5.73 Å². The van der Waals surface area contributed by atoms with Gasteiger partial charge in [0, 0.05) is 29.0 Å². The molecule has 0 aromatic heterocycles. The maximum Gasteiger partial charge on any atom is 0.0325 e. The van der Waals surface area contributed by atoms with Gasteiger partial charge in [0.05, 0.1) is 0 Å². The van der Waals surface area contributed by atoms with Gasteiger partial charge in [-0.15, -0.1) is 0 Å². The van der Waals surface area contributed by atoms with Crippen molar-refractivity contribution in [1.29, 1.82) is 0 Å². The van der Waals surface area contributed by atoms with Crippen LogP contribution in [0.1, 0.15) is 12.0 Å². The van der Waals surface area contributed by atoms with E-state index in [-0.39, 0.29) is 0 Å². The predicted octanol–water partition coefficient (Wildman–Crippen LogP) is 2.97. The van der Waals surface area contributed by atoms with E-state index in [0.717, 1.165) is 16.7 Å². The summed E-state index contributed by atoms with van der Waals surface area (Å²) in [5.74, 6) is 2.56. The Bertz CT molecular complexity index is 349. The number of rotatable bonds is 2. The predicted molar refractivity (Wildman–Crippen MR) is 75.8 cm³/mol. The fourth-order valence-corrected chi connectivity index (χ4v) is 3.34. The van der Waals surface area contributed by atoms with E-state index in [9.17, 15) is 0 Å². The smallest absolute Gasteiger partial charge is 0.0325 e. The molecule has 0 spiro atoms. The number of thioether (sulfide) groups is 1. The molecule has 1 fully saturated rings. The SMILES string of the molecule is Nc1ccc(CN2CCCSCC2)c(Br)c1. The molecule has 0 bridgehead atoms. The number of hydrogen-bond donors (Lipinski definition) is 1. The maximum atomic E-state index is 5.74. The van der Waals surface area contributed by atoms with Gasteiger partial charge < -0.3 is 5.73 Å². The third-order valence-electron chi connectivity index (χ3n) is 2.79. The molecular weight excluding hydrogens is 284 g/mol. The lowest BCUT2D eigenvalue weighted by molar-refractivity contribution is 0.287. The first kappa shape index (κ1) is 12.3. The van der Waals surface area contributed by atoms with Gasteiger partial charge >= 0.3 is 0 Å². The average molecular weight is 301 g/mol. The molecule has 1 aromatic rings. The second-order valence-electron chi connectivity index (χ2n) is 4.09. The van der Waals surface area contributed by atoms with Gasteiger partial charge in [-0.25, -0.2) is 0 Å². The number of nitrogens with zero attached hydrogens (tertiary/aromatic N) is 1. The number of hydrogen-bond acceptors (Lipinski definition) is 3. The molecule has 2 rings (SSSR count). The summed E-state index contributed by atoms with van der Waals surface area (Å²) >= 11 is 5.64. The van der Waals surface area contributed by atoms with Crippen molar-refractivity contribution in [3.8, 4) is 0 Å². The van der Waals surface area contributed by atoms with Crippen LogP contribution in [-0.4, -0.2) is 29.5 Å². The fourth-order valence-electron chi connectivity index (χ4n) is 1.89. The Morgan fingerprint density at radius 1 is 1.31 bits per heavy atom. The minimum absolute atomic E-state index is 0.821. The second-order valence-corrected chi connectivity index (χ2v) is 6.17. The molecular formula is C12H17BrN2S. The molecule has 0 radical (unpaired) electrons. The molecule has 1 aliphatic rings. The summed E-state index contributed by atoms with van der Waals surface area (Å²) in [4.78, 5) is 2.52. The van der Waals surface area contributed by atoms with Crippen LogP contribution in [0.3, 0.4) is 0 Å². The van der Waals surface area contributed by atoms with Crippen molar-refractivity contribution in [3.05, 3.63) is 28.2 Å². The summed E-state index contributed by atoms with van der Waals surface area (Å²) in [7, 11) is 0. The largest absolute Gasteiger partial charge is 0.399 e. The molecule has 4 heteroatoms. The summed E-state index contributed by atoms with van der Waals surface area (Å²) < 4.78 is 1.13. The van der Waals surface area contributed by atoms with Gasteiger partial charge in [-0.05, 0) is 36.4 Å². The van der Waals surface area contributed by atoms with Crippen LogP contribution < -0.4 is 5.73 Å². The fraction of sp³-hybridized carbons (Fsp3) is 0.500. The summed E-state index contributed by atoms with van der Waals surface area (Å²) in [6.45, 7) is 3.44. The lowest BCUT2D eigenvalue weighted by Gasteiger charge is -2.20. The van der Waals surface area contributed by atoms with Crippen LogP contribution in [0.25, 0.3) is 0 Å². The molecule has 2 N–H and O–H groups in total. The van der Waals surface area contributed by atoms with E-state index < -0.39 is 0 Å². The highest BCUT2D eigenvalue weighted by molar-refractivity contribution is 9.10. The van der Waals surface area contributed by atoms with Crippen LogP contribution >= 0.6 is 27.7 Å². The van der Waals surface area contributed by atoms with Gasteiger partial charge in [0.25, 0.3) is 0 Å². The van der Waals surface area contributed by atoms with Crippen LogP contribution in [0.5, 0.6) is 0 Å². The first-order valence-corrected chi connectivity index (χ1v) is 7.54. The summed E-state index contributed by atoms with van der Waals surface area (Å²) in [6.07, 6.45) is 1.30. The van der Waals surface area contributed by atoms with Gasteiger partial charge in [-0.2, -0.15) is 11.8 Å². The van der Waals surface area contributed by atoms with Crippen molar-refractivity contribution >= 4 is 33.4 Å². The lowest BCUT2D eigenvalue weighted by Crippen LogP contribution is -2.25. The zero-order valence-electron chi connectivity index (χ0n) is 9.29. The van der Waals surface area contributed by atoms with Gasteiger partial charge in [0.15, 0.2) is 0 Å². The van der Waals surface area contributed by atoms with E-state index >= 15 is 0 Å². The van der Waals surface area contributed by atoms with Crippen LogP contribution in [0, 0.1) is 0 Å². The second kappa shape index (κ2) is 5.94. The zero-order valence-corrected chi connectivity index (χ0v) is 11.7. The molecule has 88 valence electrons. The summed E-state index contributed by atoms with van der Waals surface area (Å²) in [5, 5.41) is 0. The van der Waals surface area contributed by atoms with Crippen molar-refractivity contribution in [3.63, 3.8) is 0 Å². The van der Waals surface area contributed by atoms with Crippen molar-refractivity contribution in [2.75, 3.05) is 30.3 Å². The third-order valence-corrected chi connectivity index (χ3v) is 4.57. The zero-order chi connectivity index (χ0) is 11.4. The minimum atomic E-state index is 0.821. The van der Waals surface area contributed by atoms with E-state index in [1.807, 2.05) is 12.1 Å². The highest BCUT2D eigenvalue weighted by Crippen LogP contribution is 2.22. The molecule has 1 aromatic carbocycles. The standard InChI is InChI=1S/C12H17BrN2S/c13-12-8-11(14)3-2-10(12)9-15-4-1-6-16-7-5-15/h2-3,8H,1,4-7,9,14H2. The molecule has 16 heavy (non-hydrogen) atoms. The first-order valence-electron chi connectivity index (χ1n) is 5.60. The first-order chi connectivity index (χ1) is 7.75. The topological polar surface area (TPSA) is 29.3 Å². The number of nitrogen functional groups attached to an aromatic ring is 1. The normalized spacial score (nSPS) is 18.3. The van der Waals surface area contributed by atoms with E-state index in [2.05, 4.69) is 38.7 Å². The van der Waals surface area contributed by atoms with Crippen molar-refractivity contribution in [2.24, 2.45) is 0 Å². The van der Waals surface area contributed by atoms with Crippen LogP contribution in [0.4, 0.5) is 5.69 Å². The monoisotopic (exact) mass is 300 g/mol. The third kappa shape index (κ3) is 3.40. The average Bonchev–Trinajstić information content (AvgIpc) is 2.51. The van der Waals surface area contributed by atoms with Crippen molar-refractivity contribution in [2.45, 2.75) is 13.0 Å². The van der Waals surface area contributed by atoms with Crippen LogP contribution in [-0.2, 0) is 6.54 Å². The lowest BCUT2D eigenvalue weighted by atomic mass is 10.2. The Labute approximate surface area is 110 Å². The van der Waals surface area contributed by atoms with Crippen molar-refractivity contribution < 1.29 is 0 Å². The van der Waals surface area contributed by atoms with Crippen molar-refractivity contribution in [1.82, 2.24) is 4.90 Å². The molecule has 0 amide bonds. The highest BCUT2D eigenvalue weighted by Gasteiger charge is 2.11. The van der Waals surface area contributed by atoms with Gasteiger partial charge in [0.2, 0.25) is 0 Å². The molecule has 0 aliphatic carbocycles. The van der Waals surface area contributed by atoms with Gasteiger partial charge in [0.1, 0.15) is 0 Å². The van der Waals surface area contributed by atoms with Gasteiger partial charge in [-0.3, -0.25) is 4.90 Å². The van der Waals surface area contributed by atoms with E-state index in [1.165, 1.54) is 36.6 Å². The number of anilines is 1. The van der Waals surface area contributed by atoms with Crippen LogP contribution in [0.2, 0.25) is 0 Å². The Morgan fingerprint density at radius 3 is 3.00 bits per heavy atom. The number of nitrogens with two attached hydrogens (primary N) is 1. The molecule has 0 unspecified atom stereocenters. The van der Waals surface area contributed by atoms with E-state index in [0.29, 0.717) is 0 Å². The Hall–Kier alpha value is -0.190. The quantitative estimate of drug-likeness (QED) is 0.852. The van der Waals surface area contributed by atoms with E-state index in [1.54, 1.807) is 0 Å². The minimum Gasteiger partial charge on any atom is -0.399 e. The highest BCUT2D eigenvalue weighted by atomic mass is 79.9. The molecule has 0 atom stereocenters. The molecule has 2 nitrogen and oxygen atoms in total. The number of halogens is 1. The van der Waals surface area contributed by atoms with Gasteiger partial charge in [-0.1, -0.05) is 22.0 Å². The Kier molecular flexibility index (Phi) is 4.55. The van der Waals surface area contributed by atoms with Crippen LogP contribution in [0.15, 0.2) is 22.7 Å². The molecule has 1 heterocycles. The molecule has 0 saturated carbocycles. The molecule has 1 aliphatic heterocycles. The summed E-state index contributed by atoms with van der Waals surface area (Å²) in [5.41, 5.74) is 7.89. The summed E-state index contributed by atoms with van der Waals surface area (Å²) in [6, 6.07) is 6.09. The Morgan fingerprint density at radius 2 is 2.19 bits per heavy atom. The molecule has 1 saturated heterocycles. The number of benzene rings is 1.